The van der Waals surface area contributed by atoms with Gasteiger partial charge in [0.25, 0.3) is 0 Å². The summed E-state index contributed by atoms with van der Waals surface area (Å²) in [7, 11) is 0.361. The number of sulfone groups is 1. The number of nitrogens with one attached hydrogen (secondary N) is 1. The van der Waals surface area contributed by atoms with Crippen molar-refractivity contribution in [2.24, 2.45) is 7.05 Å². The number of aromatic nitrogens is 3. The normalized spacial score (nSPS) is 11.6. The fourth-order valence-electron chi connectivity index (χ4n) is 3.58. The minimum Gasteiger partial charge on any atom is -0.479 e. The molecule has 3 heterocycles. The van der Waals surface area contributed by atoms with Gasteiger partial charge in [0.2, 0.25) is 5.88 Å². The van der Waals surface area contributed by atoms with Gasteiger partial charge in [0.05, 0.1) is 12.9 Å². The van der Waals surface area contributed by atoms with Crippen LogP contribution < -0.4 is 10.1 Å². The summed E-state index contributed by atoms with van der Waals surface area (Å²) in [6, 6.07) is 13.2. The number of hydrogen-bond acceptors (Lipinski definition) is 6. The zero-order valence-corrected chi connectivity index (χ0v) is 17.8. The van der Waals surface area contributed by atoms with Gasteiger partial charge in [-0.15, -0.1) is 0 Å². The molecule has 154 valence electrons. The molecule has 0 amide bonds. The Morgan fingerprint density at radius 1 is 1.07 bits per heavy atom. The molecule has 3 aromatic heterocycles. The van der Waals surface area contributed by atoms with Crippen molar-refractivity contribution >= 4 is 32.2 Å². The third-order valence-corrected chi connectivity index (χ3v) is 5.64. The largest absolute Gasteiger partial charge is 0.479 e. The standard InChI is InChI=1S/C22H22N4O3S/c1-26-13-18(16-9-11-24-22(29-2)21(16)26)17-12-15(14-30(3,27)28)7-8-19(17)25-20-6-4-5-10-23-20/h4-13H,14H2,1-3H3,(H,23,25). The van der Waals surface area contributed by atoms with Crippen LogP contribution in [0.3, 0.4) is 0 Å². The fraction of sp³-hybridized carbons (Fsp3) is 0.182. The van der Waals surface area contributed by atoms with Gasteiger partial charge in [0.15, 0.2) is 9.84 Å². The second-order valence-corrected chi connectivity index (χ2v) is 9.30. The lowest BCUT2D eigenvalue weighted by atomic mass is 10.0. The van der Waals surface area contributed by atoms with Crippen molar-refractivity contribution in [2.75, 3.05) is 18.7 Å². The molecule has 0 atom stereocenters. The van der Waals surface area contributed by atoms with Gasteiger partial charge < -0.3 is 14.6 Å². The third-order valence-electron chi connectivity index (χ3n) is 4.78. The summed E-state index contributed by atoms with van der Waals surface area (Å²) in [5.41, 5.74) is 4.24. The summed E-state index contributed by atoms with van der Waals surface area (Å²) in [6.45, 7) is 0. The first kappa shape index (κ1) is 19.9. The maximum absolute atomic E-state index is 11.9. The Morgan fingerprint density at radius 2 is 1.90 bits per heavy atom. The Kier molecular flexibility index (Phi) is 5.17. The second-order valence-electron chi connectivity index (χ2n) is 7.16. The number of methoxy groups -OCH3 is 1. The number of nitrogens with zero attached hydrogens (tertiary/aromatic N) is 3. The van der Waals surface area contributed by atoms with Crippen molar-refractivity contribution in [3.63, 3.8) is 0 Å². The van der Waals surface area contributed by atoms with Crippen LogP contribution in [0.1, 0.15) is 5.56 Å². The van der Waals surface area contributed by atoms with Crippen LogP contribution in [0.15, 0.2) is 61.1 Å². The predicted octanol–water partition coefficient (Wildman–Crippen LogP) is 3.93. The minimum absolute atomic E-state index is 0.0283. The van der Waals surface area contributed by atoms with Crippen LogP contribution >= 0.6 is 0 Å². The molecule has 7 nitrogen and oxygen atoms in total. The van der Waals surface area contributed by atoms with Crippen LogP contribution in [0.5, 0.6) is 5.88 Å². The van der Waals surface area contributed by atoms with E-state index in [2.05, 4.69) is 15.3 Å². The molecule has 0 bridgehead atoms. The van der Waals surface area contributed by atoms with Crippen molar-refractivity contribution in [3.8, 4) is 17.0 Å². The van der Waals surface area contributed by atoms with E-state index in [1.54, 1.807) is 19.5 Å². The Bertz CT molecular complexity index is 1320. The number of hydrogen-bond donors (Lipinski definition) is 1. The van der Waals surface area contributed by atoms with E-state index in [0.29, 0.717) is 11.7 Å². The fourth-order valence-corrected chi connectivity index (χ4v) is 4.36. The van der Waals surface area contributed by atoms with Crippen molar-refractivity contribution in [2.45, 2.75) is 5.75 Å². The number of ether oxygens (including phenoxy) is 1. The van der Waals surface area contributed by atoms with E-state index in [1.807, 2.05) is 60.3 Å². The van der Waals surface area contributed by atoms with Crippen LogP contribution in [0, 0.1) is 0 Å². The van der Waals surface area contributed by atoms with E-state index in [4.69, 9.17) is 4.74 Å². The highest BCUT2D eigenvalue weighted by atomic mass is 32.2. The van der Waals surface area contributed by atoms with E-state index >= 15 is 0 Å². The quantitative estimate of drug-likeness (QED) is 0.507. The molecule has 4 aromatic rings. The maximum atomic E-state index is 11.9. The van der Waals surface area contributed by atoms with Crippen LogP contribution in [0.4, 0.5) is 11.5 Å². The first-order valence-corrected chi connectivity index (χ1v) is 11.4. The van der Waals surface area contributed by atoms with E-state index < -0.39 is 9.84 Å². The molecule has 30 heavy (non-hydrogen) atoms. The van der Waals surface area contributed by atoms with Crippen LogP contribution in [-0.4, -0.2) is 36.3 Å². The van der Waals surface area contributed by atoms with E-state index in [-0.39, 0.29) is 5.75 Å². The Balaban J connectivity index is 1.92. The smallest absolute Gasteiger partial charge is 0.238 e. The summed E-state index contributed by atoms with van der Waals surface area (Å²) in [4.78, 5) is 8.64. The average molecular weight is 423 g/mol. The SMILES string of the molecule is COc1nccc2c(-c3cc(CS(C)(=O)=O)ccc3Nc3ccccn3)cn(C)c12. The minimum atomic E-state index is -3.16. The van der Waals surface area contributed by atoms with E-state index in [1.165, 1.54) is 6.26 Å². The van der Waals surface area contributed by atoms with Gasteiger partial charge in [-0.25, -0.2) is 18.4 Å². The number of fused-ring (bicyclic) bond motifs is 1. The van der Waals surface area contributed by atoms with Crippen LogP contribution in [0.2, 0.25) is 0 Å². The molecule has 0 aliphatic carbocycles. The number of pyridine rings is 2. The van der Waals surface area contributed by atoms with Gasteiger partial charge in [0.1, 0.15) is 11.3 Å². The molecule has 1 N–H and O–H groups in total. The molecular formula is C22H22N4O3S. The van der Waals surface area contributed by atoms with Gasteiger partial charge in [0, 0.05) is 54.1 Å². The Morgan fingerprint density at radius 3 is 2.60 bits per heavy atom. The molecule has 0 aliphatic heterocycles. The highest BCUT2D eigenvalue weighted by molar-refractivity contribution is 7.89. The lowest BCUT2D eigenvalue weighted by Gasteiger charge is -2.13. The number of benzene rings is 1. The zero-order chi connectivity index (χ0) is 21.3. The monoisotopic (exact) mass is 422 g/mol. The first-order valence-electron chi connectivity index (χ1n) is 9.33. The summed E-state index contributed by atoms with van der Waals surface area (Å²) in [5, 5.41) is 4.31. The maximum Gasteiger partial charge on any atom is 0.238 e. The van der Waals surface area contributed by atoms with Gasteiger partial charge in [-0.1, -0.05) is 12.1 Å². The zero-order valence-electron chi connectivity index (χ0n) is 17.0. The summed E-state index contributed by atoms with van der Waals surface area (Å²) < 4.78 is 31.1. The van der Waals surface area contributed by atoms with Gasteiger partial charge in [-0.3, -0.25) is 0 Å². The molecule has 8 heteroatoms. The van der Waals surface area contributed by atoms with Crippen molar-refractivity contribution < 1.29 is 13.2 Å². The molecular weight excluding hydrogens is 400 g/mol. The van der Waals surface area contributed by atoms with Crippen molar-refractivity contribution in [1.29, 1.82) is 0 Å². The van der Waals surface area contributed by atoms with Gasteiger partial charge in [-0.05, 0) is 35.9 Å². The van der Waals surface area contributed by atoms with Gasteiger partial charge >= 0.3 is 0 Å². The number of anilines is 2. The highest BCUT2D eigenvalue weighted by Gasteiger charge is 2.17. The number of rotatable bonds is 6. The summed E-state index contributed by atoms with van der Waals surface area (Å²) in [5.74, 6) is 1.21. The highest BCUT2D eigenvalue weighted by Crippen LogP contribution is 2.38. The topological polar surface area (TPSA) is 86.1 Å². The Labute approximate surface area is 175 Å². The second kappa shape index (κ2) is 7.79. The first-order chi connectivity index (χ1) is 14.4. The van der Waals surface area contributed by atoms with E-state index in [9.17, 15) is 8.42 Å². The molecule has 1 aromatic carbocycles. The lowest BCUT2D eigenvalue weighted by Crippen LogP contribution is -2.02. The molecule has 0 saturated heterocycles. The molecule has 0 fully saturated rings. The molecule has 0 unspecified atom stereocenters. The van der Waals surface area contributed by atoms with Crippen LogP contribution in [-0.2, 0) is 22.6 Å². The molecule has 0 aliphatic rings. The summed E-state index contributed by atoms with van der Waals surface area (Å²) in [6.07, 6.45) is 6.66. The molecule has 4 rings (SSSR count). The Hall–Kier alpha value is -3.39. The van der Waals surface area contributed by atoms with Crippen molar-refractivity contribution in [3.05, 3.63) is 66.6 Å². The molecule has 0 saturated carbocycles. The predicted molar refractivity (Wildman–Crippen MR) is 119 cm³/mol. The summed E-state index contributed by atoms with van der Waals surface area (Å²) >= 11 is 0. The van der Waals surface area contributed by atoms with Crippen molar-refractivity contribution in [1.82, 2.24) is 14.5 Å². The van der Waals surface area contributed by atoms with E-state index in [0.717, 1.165) is 33.3 Å². The van der Waals surface area contributed by atoms with Crippen LogP contribution in [0.25, 0.3) is 22.0 Å². The average Bonchev–Trinajstić information content (AvgIpc) is 3.05. The third kappa shape index (κ3) is 3.99. The molecule has 0 radical (unpaired) electrons. The van der Waals surface area contributed by atoms with Gasteiger partial charge in [-0.2, -0.15) is 0 Å². The lowest BCUT2D eigenvalue weighted by molar-refractivity contribution is 0.401. The number of aryl methyl sites for hydroxylation is 1. The molecule has 0 spiro atoms.